The number of rotatable bonds is 2. The highest BCUT2D eigenvalue weighted by atomic mass is 127. The van der Waals surface area contributed by atoms with Crippen LogP contribution in [0.15, 0.2) is 35.1 Å². The minimum atomic E-state index is -0.241. The van der Waals surface area contributed by atoms with E-state index in [1.54, 1.807) is 16.9 Å². The number of nitrogens with zero attached hydrogens (tertiary/aromatic N) is 2. The van der Waals surface area contributed by atoms with Crippen LogP contribution in [-0.4, -0.2) is 9.78 Å². The predicted molar refractivity (Wildman–Crippen MR) is 68.1 cm³/mol. The van der Waals surface area contributed by atoms with Crippen LogP contribution in [0.3, 0.4) is 0 Å². The molecule has 0 atom stereocenters. The second kappa shape index (κ2) is 4.61. The standard InChI is InChI=1S/C10H7BrFIN2/c11-10-7(2-1-3-9(10)12)5-15-6-8(13)4-14-15/h1-4,6H,5H2. The zero-order chi connectivity index (χ0) is 10.8. The van der Waals surface area contributed by atoms with Crippen LogP contribution in [0.5, 0.6) is 0 Å². The number of hydrogen-bond acceptors (Lipinski definition) is 1. The van der Waals surface area contributed by atoms with E-state index in [4.69, 9.17) is 0 Å². The molecule has 0 unspecified atom stereocenters. The van der Waals surface area contributed by atoms with Crippen LogP contribution in [0.1, 0.15) is 5.56 Å². The maximum atomic E-state index is 13.2. The predicted octanol–water partition coefficient (Wildman–Crippen LogP) is 3.44. The van der Waals surface area contributed by atoms with Crippen LogP contribution in [0.4, 0.5) is 4.39 Å². The average Bonchev–Trinajstić information content (AvgIpc) is 2.59. The fourth-order valence-electron chi connectivity index (χ4n) is 1.27. The third kappa shape index (κ3) is 2.57. The van der Waals surface area contributed by atoms with Crippen LogP contribution in [-0.2, 0) is 6.54 Å². The first kappa shape index (κ1) is 11.1. The van der Waals surface area contributed by atoms with Crippen LogP contribution < -0.4 is 0 Å². The maximum Gasteiger partial charge on any atom is 0.137 e. The lowest BCUT2D eigenvalue weighted by atomic mass is 10.2. The first-order chi connectivity index (χ1) is 7.16. The maximum absolute atomic E-state index is 13.2. The van der Waals surface area contributed by atoms with Crippen molar-refractivity contribution < 1.29 is 4.39 Å². The van der Waals surface area contributed by atoms with Crippen molar-refractivity contribution in [2.45, 2.75) is 6.54 Å². The molecule has 2 rings (SSSR count). The summed E-state index contributed by atoms with van der Waals surface area (Å²) in [4.78, 5) is 0. The Morgan fingerprint density at radius 1 is 1.47 bits per heavy atom. The molecular weight excluding hydrogens is 374 g/mol. The van der Waals surface area contributed by atoms with Gasteiger partial charge in [-0.05, 0) is 50.2 Å². The Kier molecular flexibility index (Phi) is 3.40. The van der Waals surface area contributed by atoms with E-state index in [0.717, 1.165) is 9.13 Å². The topological polar surface area (TPSA) is 17.8 Å². The Morgan fingerprint density at radius 3 is 2.93 bits per heavy atom. The molecule has 0 aliphatic rings. The lowest BCUT2D eigenvalue weighted by molar-refractivity contribution is 0.611. The first-order valence-electron chi connectivity index (χ1n) is 4.27. The highest BCUT2D eigenvalue weighted by molar-refractivity contribution is 14.1. The zero-order valence-electron chi connectivity index (χ0n) is 7.62. The molecular formula is C10H7BrFIN2. The molecule has 78 valence electrons. The van der Waals surface area contributed by atoms with E-state index in [1.807, 2.05) is 12.3 Å². The Labute approximate surface area is 109 Å². The van der Waals surface area contributed by atoms with E-state index in [0.29, 0.717) is 11.0 Å². The summed E-state index contributed by atoms with van der Waals surface area (Å²) in [7, 11) is 0. The van der Waals surface area contributed by atoms with Crippen molar-refractivity contribution >= 4 is 38.5 Å². The number of halogens is 3. The van der Waals surface area contributed by atoms with Crippen LogP contribution in [0.2, 0.25) is 0 Å². The molecule has 0 spiro atoms. The van der Waals surface area contributed by atoms with Gasteiger partial charge in [0.05, 0.1) is 20.8 Å². The van der Waals surface area contributed by atoms with Crippen molar-refractivity contribution in [1.82, 2.24) is 9.78 Å². The quantitative estimate of drug-likeness (QED) is 0.730. The molecule has 0 N–H and O–H groups in total. The van der Waals surface area contributed by atoms with E-state index in [9.17, 15) is 4.39 Å². The van der Waals surface area contributed by atoms with Crippen molar-refractivity contribution in [1.29, 1.82) is 0 Å². The van der Waals surface area contributed by atoms with Gasteiger partial charge in [0, 0.05) is 6.20 Å². The SMILES string of the molecule is Fc1cccc(Cn2cc(I)cn2)c1Br. The van der Waals surface area contributed by atoms with E-state index >= 15 is 0 Å². The third-order valence-corrected chi connectivity index (χ3v) is 3.41. The summed E-state index contributed by atoms with van der Waals surface area (Å²) in [6, 6.07) is 5.01. The average molecular weight is 381 g/mol. The van der Waals surface area contributed by atoms with Crippen LogP contribution in [0.25, 0.3) is 0 Å². The van der Waals surface area contributed by atoms with E-state index in [1.165, 1.54) is 6.07 Å². The fourth-order valence-corrected chi connectivity index (χ4v) is 2.11. The van der Waals surface area contributed by atoms with Crippen molar-refractivity contribution in [2.75, 3.05) is 0 Å². The van der Waals surface area contributed by atoms with Gasteiger partial charge in [-0.15, -0.1) is 0 Å². The van der Waals surface area contributed by atoms with Crippen LogP contribution in [0, 0.1) is 9.39 Å². The van der Waals surface area contributed by atoms with Crippen molar-refractivity contribution in [3.05, 3.63) is 50.0 Å². The smallest absolute Gasteiger partial charge is 0.137 e. The summed E-state index contributed by atoms with van der Waals surface area (Å²) in [6.07, 6.45) is 3.69. The monoisotopic (exact) mass is 380 g/mol. The molecule has 0 aliphatic heterocycles. The molecule has 2 aromatic rings. The number of aromatic nitrogens is 2. The molecule has 15 heavy (non-hydrogen) atoms. The molecule has 0 fully saturated rings. The zero-order valence-corrected chi connectivity index (χ0v) is 11.4. The molecule has 1 aromatic heterocycles. The van der Waals surface area contributed by atoms with Gasteiger partial charge in [-0.1, -0.05) is 12.1 Å². The summed E-state index contributed by atoms with van der Waals surface area (Å²) in [5.74, 6) is -0.241. The molecule has 0 bridgehead atoms. The highest BCUT2D eigenvalue weighted by Gasteiger charge is 2.05. The largest absolute Gasteiger partial charge is 0.267 e. The summed E-state index contributed by atoms with van der Waals surface area (Å²) in [5.41, 5.74) is 0.884. The Hall–Kier alpha value is -0.430. The minimum Gasteiger partial charge on any atom is -0.267 e. The summed E-state index contributed by atoms with van der Waals surface area (Å²) >= 11 is 5.42. The Balaban J connectivity index is 2.28. The second-order valence-electron chi connectivity index (χ2n) is 3.07. The summed E-state index contributed by atoms with van der Waals surface area (Å²) in [6.45, 7) is 0.571. The van der Waals surface area contributed by atoms with Gasteiger partial charge < -0.3 is 0 Å². The van der Waals surface area contributed by atoms with Crippen LogP contribution >= 0.6 is 38.5 Å². The molecule has 1 heterocycles. The molecule has 0 aliphatic carbocycles. The highest BCUT2D eigenvalue weighted by Crippen LogP contribution is 2.21. The molecule has 0 radical (unpaired) electrons. The van der Waals surface area contributed by atoms with Gasteiger partial charge in [0.15, 0.2) is 0 Å². The molecule has 0 saturated carbocycles. The van der Waals surface area contributed by atoms with Gasteiger partial charge in [-0.25, -0.2) is 4.39 Å². The van der Waals surface area contributed by atoms with Gasteiger partial charge in [0.1, 0.15) is 5.82 Å². The van der Waals surface area contributed by atoms with E-state index in [2.05, 4.69) is 43.6 Å². The number of benzene rings is 1. The fraction of sp³-hybridized carbons (Fsp3) is 0.100. The van der Waals surface area contributed by atoms with E-state index in [-0.39, 0.29) is 5.82 Å². The molecule has 0 saturated heterocycles. The van der Waals surface area contributed by atoms with Gasteiger partial charge in [-0.3, -0.25) is 4.68 Å². The molecule has 5 heteroatoms. The minimum absolute atomic E-state index is 0.241. The summed E-state index contributed by atoms with van der Waals surface area (Å²) in [5, 5.41) is 4.15. The van der Waals surface area contributed by atoms with Gasteiger partial charge in [0.25, 0.3) is 0 Å². The van der Waals surface area contributed by atoms with E-state index < -0.39 is 0 Å². The first-order valence-corrected chi connectivity index (χ1v) is 6.15. The Bertz CT molecular complexity index is 484. The molecule has 0 amide bonds. The number of hydrogen-bond donors (Lipinski definition) is 0. The summed E-state index contributed by atoms with van der Waals surface area (Å²) < 4.78 is 16.6. The van der Waals surface area contributed by atoms with Crippen molar-refractivity contribution in [3.63, 3.8) is 0 Å². The lowest BCUT2D eigenvalue weighted by Gasteiger charge is -2.05. The lowest BCUT2D eigenvalue weighted by Crippen LogP contribution is -2.01. The van der Waals surface area contributed by atoms with Crippen molar-refractivity contribution in [2.24, 2.45) is 0 Å². The van der Waals surface area contributed by atoms with Gasteiger partial charge in [-0.2, -0.15) is 5.10 Å². The molecule has 1 aromatic carbocycles. The Morgan fingerprint density at radius 2 is 2.27 bits per heavy atom. The molecule has 2 nitrogen and oxygen atoms in total. The second-order valence-corrected chi connectivity index (χ2v) is 5.11. The third-order valence-electron chi connectivity index (χ3n) is 1.97. The van der Waals surface area contributed by atoms with Gasteiger partial charge >= 0.3 is 0 Å². The van der Waals surface area contributed by atoms with Crippen molar-refractivity contribution in [3.8, 4) is 0 Å². The normalized spacial score (nSPS) is 10.6. The van der Waals surface area contributed by atoms with Gasteiger partial charge in [0.2, 0.25) is 0 Å².